The summed E-state index contributed by atoms with van der Waals surface area (Å²) in [4.78, 5) is 16.9. The number of rotatable bonds is 6. The van der Waals surface area contributed by atoms with Gasteiger partial charge in [-0.05, 0) is 48.5 Å². The number of nitrogens with one attached hydrogen (secondary N) is 2. The van der Waals surface area contributed by atoms with Crippen LogP contribution in [0.5, 0.6) is 0 Å². The third-order valence-corrected chi connectivity index (χ3v) is 5.73. The lowest BCUT2D eigenvalue weighted by Crippen LogP contribution is -2.50. The van der Waals surface area contributed by atoms with E-state index in [4.69, 9.17) is 16.0 Å². The summed E-state index contributed by atoms with van der Waals surface area (Å²) in [6.45, 7) is 3.57. The van der Waals surface area contributed by atoms with Gasteiger partial charge in [-0.1, -0.05) is 23.7 Å². The molecule has 1 aliphatic rings. The Morgan fingerprint density at radius 3 is 2.45 bits per heavy atom. The molecule has 2 heterocycles. The molecule has 2 N–H and O–H groups in total. The fourth-order valence-corrected chi connectivity index (χ4v) is 3.94. The summed E-state index contributed by atoms with van der Waals surface area (Å²) in [5.74, 6) is 0.565. The number of hydrogen-bond acceptors (Lipinski definition) is 4. The molecule has 0 bridgehead atoms. The second-order valence-corrected chi connectivity index (χ2v) is 7.75. The molecule has 2 amide bonds. The first kappa shape index (κ1) is 21.2. The summed E-state index contributed by atoms with van der Waals surface area (Å²) in [6.07, 6.45) is 1.64. The van der Waals surface area contributed by atoms with Crippen molar-refractivity contribution in [2.75, 3.05) is 42.9 Å². The van der Waals surface area contributed by atoms with Crippen LogP contribution < -0.4 is 15.5 Å². The Bertz CT molecular complexity index is 989. The molecule has 8 heteroatoms. The van der Waals surface area contributed by atoms with Crippen molar-refractivity contribution in [3.05, 3.63) is 83.5 Å². The van der Waals surface area contributed by atoms with Crippen molar-refractivity contribution >= 4 is 29.0 Å². The van der Waals surface area contributed by atoms with Gasteiger partial charge in [0, 0.05) is 38.4 Å². The molecule has 0 aliphatic carbocycles. The van der Waals surface area contributed by atoms with E-state index in [0.29, 0.717) is 17.3 Å². The number of urea groups is 1. The minimum atomic E-state index is -0.324. The van der Waals surface area contributed by atoms with Gasteiger partial charge in [0.05, 0.1) is 23.0 Å². The van der Waals surface area contributed by atoms with Crippen LogP contribution in [-0.4, -0.2) is 43.7 Å². The average molecular weight is 443 g/mol. The summed E-state index contributed by atoms with van der Waals surface area (Å²) < 4.78 is 18.9. The van der Waals surface area contributed by atoms with Crippen LogP contribution in [0.2, 0.25) is 5.02 Å². The van der Waals surface area contributed by atoms with Crippen LogP contribution in [0.15, 0.2) is 71.3 Å². The maximum Gasteiger partial charge on any atom is 0.319 e. The van der Waals surface area contributed by atoms with Crippen LogP contribution in [0.3, 0.4) is 0 Å². The molecular weight excluding hydrogens is 419 g/mol. The maximum atomic E-state index is 13.2. The number of nitrogens with zero attached hydrogens (tertiary/aromatic N) is 2. The van der Waals surface area contributed by atoms with Crippen LogP contribution in [0, 0.1) is 5.82 Å². The van der Waals surface area contributed by atoms with Crippen LogP contribution in [-0.2, 0) is 0 Å². The van der Waals surface area contributed by atoms with E-state index in [-0.39, 0.29) is 17.9 Å². The zero-order valence-electron chi connectivity index (χ0n) is 16.9. The first-order valence-electron chi connectivity index (χ1n) is 10.2. The monoisotopic (exact) mass is 442 g/mol. The van der Waals surface area contributed by atoms with E-state index in [1.807, 2.05) is 24.3 Å². The zero-order valence-corrected chi connectivity index (χ0v) is 17.7. The fourth-order valence-electron chi connectivity index (χ4n) is 3.75. The SMILES string of the molecule is O=C(NCC(c1ccco1)N1CCN(c2ccc(F)cc2)CC1)Nc1ccccc1Cl. The summed E-state index contributed by atoms with van der Waals surface area (Å²) in [5.41, 5.74) is 1.57. The number of amides is 2. The molecule has 1 fully saturated rings. The highest BCUT2D eigenvalue weighted by Crippen LogP contribution is 2.25. The quantitative estimate of drug-likeness (QED) is 0.578. The molecular formula is C23H24ClFN4O2. The Morgan fingerprint density at radius 2 is 1.77 bits per heavy atom. The molecule has 1 unspecified atom stereocenters. The third-order valence-electron chi connectivity index (χ3n) is 5.40. The number of hydrogen-bond donors (Lipinski definition) is 2. The molecule has 2 aromatic carbocycles. The van der Waals surface area contributed by atoms with Crippen LogP contribution in [0.1, 0.15) is 11.8 Å². The maximum absolute atomic E-state index is 13.2. The largest absolute Gasteiger partial charge is 0.468 e. The van der Waals surface area contributed by atoms with Crippen molar-refractivity contribution in [1.82, 2.24) is 10.2 Å². The highest BCUT2D eigenvalue weighted by Gasteiger charge is 2.27. The number of benzene rings is 2. The Morgan fingerprint density at radius 1 is 1.03 bits per heavy atom. The molecule has 3 aromatic rings. The number of anilines is 2. The van der Waals surface area contributed by atoms with E-state index in [0.717, 1.165) is 37.6 Å². The van der Waals surface area contributed by atoms with Crippen LogP contribution in [0.4, 0.5) is 20.6 Å². The minimum absolute atomic E-state index is 0.0950. The van der Waals surface area contributed by atoms with Gasteiger partial charge in [-0.15, -0.1) is 0 Å². The second-order valence-electron chi connectivity index (χ2n) is 7.35. The molecule has 162 valence electrons. The van der Waals surface area contributed by atoms with E-state index >= 15 is 0 Å². The van der Waals surface area contributed by atoms with Gasteiger partial charge in [0.15, 0.2) is 0 Å². The summed E-state index contributed by atoms with van der Waals surface area (Å²) in [5, 5.41) is 6.19. The molecule has 6 nitrogen and oxygen atoms in total. The van der Waals surface area contributed by atoms with E-state index in [1.54, 1.807) is 30.5 Å². The molecule has 4 rings (SSSR count). The van der Waals surface area contributed by atoms with Crippen molar-refractivity contribution < 1.29 is 13.6 Å². The summed E-state index contributed by atoms with van der Waals surface area (Å²) in [7, 11) is 0. The highest BCUT2D eigenvalue weighted by atomic mass is 35.5. The van der Waals surface area contributed by atoms with Crippen molar-refractivity contribution in [1.29, 1.82) is 0 Å². The lowest BCUT2D eigenvalue weighted by atomic mass is 10.1. The Balaban J connectivity index is 1.37. The third kappa shape index (κ3) is 5.37. The Kier molecular flexibility index (Phi) is 6.74. The molecule has 0 spiro atoms. The van der Waals surface area contributed by atoms with Crippen LogP contribution in [0.25, 0.3) is 0 Å². The summed E-state index contributed by atoms with van der Waals surface area (Å²) >= 11 is 6.12. The molecule has 1 saturated heterocycles. The molecule has 0 saturated carbocycles. The van der Waals surface area contributed by atoms with E-state index in [2.05, 4.69) is 20.4 Å². The van der Waals surface area contributed by atoms with Gasteiger partial charge in [-0.2, -0.15) is 0 Å². The van der Waals surface area contributed by atoms with Gasteiger partial charge in [0.1, 0.15) is 11.6 Å². The van der Waals surface area contributed by atoms with Crippen molar-refractivity contribution in [3.8, 4) is 0 Å². The number of para-hydroxylation sites is 1. The van der Waals surface area contributed by atoms with Gasteiger partial charge >= 0.3 is 6.03 Å². The van der Waals surface area contributed by atoms with Gasteiger partial charge < -0.3 is 20.0 Å². The normalized spacial score (nSPS) is 15.5. The lowest BCUT2D eigenvalue weighted by molar-refractivity contribution is 0.162. The molecule has 1 atom stereocenters. The minimum Gasteiger partial charge on any atom is -0.468 e. The first-order chi connectivity index (χ1) is 15.1. The number of piperazine rings is 1. The van der Waals surface area contributed by atoms with Gasteiger partial charge in [-0.3, -0.25) is 4.90 Å². The van der Waals surface area contributed by atoms with E-state index in [9.17, 15) is 9.18 Å². The van der Waals surface area contributed by atoms with E-state index < -0.39 is 0 Å². The average Bonchev–Trinajstić information content (AvgIpc) is 3.31. The molecule has 1 aromatic heterocycles. The zero-order chi connectivity index (χ0) is 21.6. The van der Waals surface area contributed by atoms with Crippen LogP contribution >= 0.6 is 11.6 Å². The molecule has 31 heavy (non-hydrogen) atoms. The first-order valence-corrected chi connectivity index (χ1v) is 10.6. The Labute approximate surface area is 185 Å². The predicted octanol–water partition coefficient (Wildman–Crippen LogP) is 4.76. The molecule has 1 aliphatic heterocycles. The van der Waals surface area contributed by atoms with Crippen molar-refractivity contribution in [3.63, 3.8) is 0 Å². The lowest BCUT2D eigenvalue weighted by Gasteiger charge is -2.39. The van der Waals surface area contributed by atoms with Gasteiger partial charge in [0.25, 0.3) is 0 Å². The fraction of sp³-hybridized carbons (Fsp3) is 0.261. The number of halogens is 2. The number of carbonyl (C=O) groups excluding carboxylic acids is 1. The standard InChI is InChI=1S/C23H24ClFN4O2/c24-19-4-1-2-5-20(19)27-23(30)26-16-21(22-6-3-15-31-22)29-13-11-28(12-14-29)18-9-7-17(25)8-10-18/h1-10,15,21H,11-14,16H2,(H2,26,27,30). The summed E-state index contributed by atoms with van der Waals surface area (Å²) in [6, 6.07) is 17.0. The predicted molar refractivity (Wildman–Crippen MR) is 120 cm³/mol. The number of furan rings is 1. The smallest absolute Gasteiger partial charge is 0.319 e. The van der Waals surface area contributed by atoms with Gasteiger partial charge in [0.2, 0.25) is 0 Å². The second kappa shape index (κ2) is 9.85. The van der Waals surface area contributed by atoms with E-state index in [1.165, 1.54) is 12.1 Å². The molecule has 0 radical (unpaired) electrons. The topological polar surface area (TPSA) is 60.8 Å². The highest BCUT2D eigenvalue weighted by molar-refractivity contribution is 6.33. The Hall–Kier alpha value is -3.03. The number of carbonyl (C=O) groups is 1. The van der Waals surface area contributed by atoms with Crippen molar-refractivity contribution in [2.45, 2.75) is 6.04 Å². The van der Waals surface area contributed by atoms with Crippen molar-refractivity contribution in [2.24, 2.45) is 0 Å². The van der Waals surface area contributed by atoms with Gasteiger partial charge in [-0.25, -0.2) is 9.18 Å².